The molecule has 0 radical (unpaired) electrons. The molecule has 0 saturated heterocycles. The van der Waals surface area contributed by atoms with E-state index in [2.05, 4.69) is 14.7 Å². The van der Waals surface area contributed by atoms with Crippen molar-refractivity contribution in [3.05, 3.63) is 41.7 Å². The molecule has 0 aromatic carbocycles. The molecule has 0 unspecified atom stereocenters. The first-order valence-electron chi connectivity index (χ1n) is 5.26. The lowest BCUT2D eigenvalue weighted by Crippen LogP contribution is -2.00. The lowest BCUT2D eigenvalue weighted by molar-refractivity contribution is 0.0595. The van der Waals surface area contributed by atoms with Gasteiger partial charge in [0.1, 0.15) is 16.3 Å². The van der Waals surface area contributed by atoms with Gasteiger partial charge < -0.3 is 9.14 Å². The Morgan fingerprint density at radius 3 is 3.06 bits per heavy atom. The van der Waals surface area contributed by atoms with Crippen LogP contribution >= 0.6 is 11.3 Å². The molecule has 5 nitrogen and oxygen atoms in total. The number of nitrogens with zero attached hydrogens (tertiary/aromatic N) is 3. The van der Waals surface area contributed by atoms with Crippen molar-refractivity contribution in [2.24, 2.45) is 0 Å². The normalized spacial score (nSPS) is 10.7. The Bertz CT molecular complexity index is 684. The maximum absolute atomic E-state index is 11.3. The van der Waals surface area contributed by atoms with Crippen LogP contribution in [0.1, 0.15) is 10.5 Å². The van der Waals surface area contributed by atoms with E-state index in [4.69, 9.17) is 0 Å². The fourth-order valence-electron chi connectivity index (χ4n) is 1.63. The number of aromatic nitrogens is 3. The summed E-state index contributed by atoms with van der Waals surface area (Å²) in [6.07, 6.45) is 3.80. The third kappa shape index (κ3) is 1.76. The Balaban J connectivity index is 2.03. The molecule has 0 fully saturated rings. The molecule has 6 heteroatoms. The zero-order chi connectivity index (χ0) is 12.5. The Morgan fingerprint density at radius 2 is 2.28 bits per heavy atom. The van der Waals surface area contributed by atoms with Crippen molar-refractivity contribution in [3.63, 3.8) is 0 Å². The Kier molecular flexibility index (Phi) is 2.56. The minimum absolute atomic E-state index is 0.314. The minimum Gasteiger partial charge on any atom is -0.464 e. The number of hydrogen-bond acceptors (Lipinski definition) is 5. The number of esters is 1. The maximum atomic E-state index is 11.3. The number of imidazole rings is 1. The maximum Gasteiger partial charge on any atom is 0.357 e. The number of carbonyl (C=O) groups is 1. The quantitative estimate of drug-likeness (QED) is 0.662. The number of ether oxygens (including phenoxy) is 1. The SMILES string of the molecule is COC(=O)c1csc(-c2cn3ccccc3n2)n1. The first-order valence-corrected chi connectivity index (χ1v) is 6.14. The molecule has 3 aromatic heterocycles. The monoisotopic (exact) mass is 259 g/mol. The molecule has 0 spiro atoms. The first kappa shape index (κ1) is 10.9. The fourth-order valence-corrected chi connectivity index (χ4v) is 2.37. The van der Waals surface area contributed by atoms with Crippen LogP contribution in [0.5, 0.6) is 0 Å². The molecule has 0 aliphatic rings. The largest absolute Gasteiger partial charge is 0.464 e. The minimum atomic E-state index is -0.429. The Hall–Kier alpha value is -2.21. The molecular formula is C12H9N3O2S. The van der Waals surface area contributed by atoms with Crippen molar-refractivity contribution in [2.45, 2.75) is 0 Å². The van der Waals surface area contributed by atoms with E-state index in [1.807, 2.05) is 35.0 Å². The highest BCUT2D eigenvalue weighted by molar-refractivity contribution is 7.13. The van der Waals surface area contributed by atoms with Gasteiger partial charge in [0.25, 0.3) is 0 Å². The molecule has 3 aromatic rings. The standard InChI is InChI=1S/C12H9N3O2S/c1-17-12(16)9-7-18-11(14-9)8-6-15-5-3-2-4-10(15)13-8/h2-7H,1H3. The zero-order valence-corrected chi connectivity index (χ0v) is 10.3. The van der Waals surface area contributed by atoms with Crippen molar-refractivity contribution in [1.29, 1.82) is 0 Å². The summed E-state index contributed by atoms with van der Waals surface area (Å²) in [5, 5.41) is 2.38. The van der Waals surface area contributed by atoms with Crippen LogP contribution in [0.2, 0.25) is 0 Å². The van der Waals surface area contributed by atoms with Crippen LogP contribution in [0, 0.1) is 0 Å². The van der Waals surface area contributed by atoms with Gasteiger partial charge in [-0.25, -0.2) is 14.8 Å². The number of fused-ring (bicyclic) bond motifs is 1. The lowest BCUT2D eigenvalue weighted by Gasteiger charge is -1.91. The van der Waals surface area contributed by atoms with E-state index in [0.29, 0.717) is 10.7 Å². The predicted molar refractivity (Wildman–Crippen MR) is 67.6 cm³/mol. The highest BCUT2D eigenvalue weighted by atomic mass is 32.1. The van der Waals surface area contributed by atoms with Crippen LogP contribution < -0.4 is 0 Å². The van der Waals surface area contributed by atoms with Gasteiger partial charge in [0.15, 0.2) is 5.69 Å². The molecule has 0 aliphatic heterocycles. The van der Waals surface area contributed by atoms with Gasteiger partial charge in [0.2, 0.25) is 0 Å². The Labute approximate surface area is 107 Å². The molecular weight excluding hydrogens is 250 g/mol. The average molecular weight is 259 g/mol. The molecule has 0 aliphatic carbocycles. The average Bonchev–Trinajstić information content (AvgIpc) is 3.03. The van der Waals surface area contributed by atoms with E-state index in [0.717, 1.165) is 11.3 Å². The molecule has 3 rings (SSSR count). The Morgan fingerprint density at radius 1 is 1.39 bits per heavy atom. The van der Waals surface area contributed by atoms with Crippen LogP contribution in [-0.4, -0.2) is 27.4 Å². The summed E-state index contributed by atoms with van der Waals surface area (Å²) in [5.41, 5.74) is 1.92. The van der Waals surface area contributed by atoms with Gasteiger partial charge in [-0.05, 0) is 12.1 Å². The topological polar surface area (TPSA) is 56.5 Å². The second-order valence-electron chi connectivity index (χ2n) is 3.62. The molecule has 0 saturated carbocycles. The smallest absolute Gasteiger partial charge is 0.357 e. The van der Waals surface area contributed by atoms with Gasteiger partial charge in [-0.1, -0.05) is 6.07 Å². The van der Waals surface area contributed by atoms with E-state index in [-0.39, 0.29) is 0 Å². The number of pyridine rings is 1. The van der Waals surface area contributed by atoms with Gasteiger partial charge >= 0.3 is 5.97 Å². The van der Waals surface area contributed by atoms with E-state index in [9.17, 15) is 4.79 Å². The lowest BCUT2D eigenvalue weighted by atomic mass is 10.5. The second-order valence-corrected chi connectivity index (χ2v) is 4.48. The molecule has 3 heterocycles. The molecule has 0 N–H and O–H groups in total. The summed E-state index contributed by atoms with van der Waals surface area (Å²) < 4.78 is 6.54. The molecule has 0 atom stereocenters. The van der Waals surface area contributed by atoms with Crippen LogP contribution in [0.15, 0.2) is 36.0 Å². The summed E-state index contributed by atoms with van der Waals surface area (Å²) in [5.74, 6) is -0.429. The second kappa shape index (κ2) is 4.23. The van der Waals surface area contributed by atoms with Crippen molar-refractivity contribution in [2.75, 3.05) is 7.11 Å². The van der Waals surface area contributed by atoms with E-state index in [1.165, 1.54) is 18.4 Å². The van der Waals surface area contributed by atoms with Crippen LogP contribution in [0.4, 0.5) is 0 Å². The fraction of sp³-hybridized carbons (Fsp3) is 0.0833. The highest BCUT2D eigenvalue weighted by Gasteiger charge is 2.13. The number of carbonyl (C=O) groups excluding carboxylic acids is 1. The van der Waals surface area contributed by atoms with E-state index < -0.39 is 5.97 Å². The summed E-state index contributed by atoms with van der Waals surface area (Å²) in [6, 6.07) is 5.77. The zero-order valence-electron chi connectivity index (χ0n) is 9.53. The van der Waals surface area contributed by atoms with Gasteiger partial charge in [-0.2, -0.15) is 0 Å². The van der Waals surface area contributed by atoms with Gasteiger partial charge in [-0.3, -0.25) is 0 Å². The van der Waals surface area contributed by atoms with E-state index in [1.54, 1.807) is 5.38 Å². The third-order valence-corrected chi connectivity index (χ3v) is 3.35. The van der Waals surface area contributed by atoms with Crippen LogP contribution in [0.25, 0.3) is 16.3 Å². The van der Waals surface area contributed by atoms with Gasteiger partial charge in [0.05, 0.1) is 7.11 Å². The van der Waals surface area contributed by atoms with Gasteiger partial charge in [-0.15, -0.1) is 11.3 Å². The summed E-state index contributed by atoms with van der Waals surface area (Å²) in [7, 11) is 1.34. The third-order valence-electron chi connectivity index (χ3n) is 2.48. The summed E-state index contributed by atoms with van der Waals surface area (Å²) >= 11 is 1.37. The van der Waals surface area contributed by atoms with Crippen LogP contribution in [-0.2, 0) is 4.74 Å². The number of methoxy groups -OCH3 is 1. The van der Waals surface area contributed by atoms with E-state index >= 15 is 0 Å². The highest BCUT2D eigenvalue weighted by Crippen LogP contribution is 2.23. The van der Waals surface area contributed by atoms with Crippen molar-refractivity contribution < 1.29 is 9.53 Å². The molecule has 18 heavy (non-hydrogen) atoms. The summed E-state index contributed by atoms with van der Waals surface area (Å²) in [6.45, 7) is 0. The number of rotatable bonds is 2. The van der Waals surface area contributed by atoms with Gasteiger partial charge in [0, 0.05) is 17.8 Å². The van der Waals surface area contributed by atoms with Crippen molar-refractivity contribution in [3.8, 4) is 10.7 Å². The first-order chi connectivity index (χ1) is 8.78. The van der Waals surface area contributed by atoms with Crippen molar-refractivity contribution >= 4 is 23.0 Å². The van der Waals surface area contributed by atoms with Crippen LogP contribution in [0.3, 0.4) is 0 Å². The molecule has 90 valence electrons. The van der Waals surface area contributed by atoms with Crippen molar-refractivity contribution in [1.82, 2.24) is 14.4 Å². The number of thiazole rings is 1. The number of hydrogen-bond donors (Lipinski definition) is 0. The molecule has 0 bridgehead atoms. The summed E-state index contributed by atoms with van der Waals surface area (Å²) in [4.78, 5) is 20.0. The molecule has 0 amide bonds. The predicted octanol–water partition coefficient (Wildman–Crippen LogP) is 2.24.